The maximum absolute atomic E-state index is 12.7. The van der Waals surface area contributed by atoms with Crippen LogP contribution in [-0.4, -0.2) is 56.3 Å². The lowest BCUT2D eigenvalue weighted by molar-refractivity contribution is -0.386. The molecule has 1 fully saturated rings. The molecule has 0 aromatic heterocycles. The number of nitrogens with zero attached hydrogens (tertiary/aromatic N) is 2. The van der Waals surface area contributed by atoms with Crippen molar-refractivity contribution in [2.75, 3.05) is 32.9 Å². The first kappa shape index (κ1) is 21.4. The van der Waals surface area contributed by atoms with E-state index in [1.54, 1.807) is 24.3 Å². The van der Waals surface area contributed by atoms with Gasteiger partial charge in [-0.1, -0.05) is 28.1 Å². The van der Waals surface area contributed by atoms with Gasteiger partial charge in [-0.15, -0.1) is 0 Å². The van der Waals surface area contributed by atoms with Crippen molar-refractivity contribution in [3.63, 3.8) is 0 Å². The van der Waals surface area contributed by atoms with E-state index in [1.807, 2.05) is 0 Å². The summed E-state index contributed by atoms with van der Waals surface area (Å²) in [4.78, 5) is 22.7. The highest BCUT2D eigenvalue weighted by Gasteiger charge is 2.29. The van der Waals surface area contributed by atoms with Gasteiger partial charge in [0.15, 0.2) is 18.1 Å². The molecule has 3 rings (SSSR count). The first-order valence-corrected chi connectivity index (χ1v) is 10.8. The number of halogens is 1. The minimum absolute atomic E-state index is 0.177. The first-order chi connectivity index (χ1) is 13.8. The molecule has 0 aliphatic carbocycles. The minimum atomic E-state index is -3.89. The summed E-state index contributed by atoms with van der Waals surface area (Å²) in [5.74, 6) is -0.543. The standard InChI is InChI=1S/C18H17BrN2O7S/c19-14-3-1-13(2-4-14)17(22)12-28-18-6-5-15(11-16(18)21(23)24)29(25,26)20-7-9-27-10-8-20/h1-6,11H,7-10,12H2. The van der Waals surface area contributed by atoms with Crippen LogP contribution >= 0.6 is 15.9 Å². The number of carbonyl (C=O) groups is 1. The van der Waals surface area contributed by atoms with Crippen molar-refractivity contribution in [3.8, 4) is 5.75 Å². The third-order valence-electron chi connectivity index (χ3n) is 4.26. The number of carbonyl (C=O) groups excluding carboxylic acids is 1. The molecule has 0 spiro atoms. The van der Waals surface area contributed by atoms with E-state index in [1.165, 1.54) is 16.4 Å². The fourth-order valence-corrected chi connectivity index (χ4v) is 4.41. The van der Waals surface area contributed by atoms with Gasteiger partial charge in [0.1, 0.15) is 0 Å². The Morgan fingerprint density at radius 3 is 2.45 bits per heavy atom. The van der Waals surface area contributed by atoms with Crippen molar-refractivity contribution in [3.05, 3.63) is 62.6 Å². The molecule has 2 aromatic rings. The third kappa shape index (κ3) is 4.99. The van der Waals surface area contributed by atoms with Gasteiger partial charge in [-0.25, -0.2) is 8.42 Å². The molecule has 0 saturated carbocycles. The van der Waals surface area contributed by atoms with Crippen LogP contribution < -0.4 is 4.74 Å². The summed E-state index contributed by atoms with van der Waals surface area (Å²) in [7, 11) is -3.89. The molecule has 29 heavy (non-hydrogen) atoms. The summed E-state index contributed by atoms with van der Waals surface area (Å²) >= 11 is 3.27. The van der Waals surface area contributed by atoms with E-state index in [-0.39, 0.29) is 42.7 Å². The average molecular weight is 485 g/mol. The maximum atomic E-state index is 12.7. The Morgan fingerprint density at radius 1 is 1.17 bits per heavy atom. The number of nitro benzene ring substituents is 1. The number of ketones is 1. The van der Waals surface area contributed by atoms with E-state index in [9.17, 15) is 23.3 Å². The highest BCUT2D eigenvalue weighted by atomic mass is 79.9. The zero-order chi connectivity index (χ0) is 21.0. The number of sulfonamides is 1. The fourth-order valence-electron chi connectivity index (χ4n) is 2.72. The molecule has 0 atom stereocenters. The number of morpholine rings is 1. The zero-order valence-electron chi connectivity index (χ0n) is 15.1. The number of hydrogen-bond donors (Lipinski definition) is 0. The van der Waals surface area contributed by atoms with Crippen molar-refractivity contribution < 1.29 is 27.6 Å². The number of rotatable bonds is 7. The molecular weight excluding hydrogens is 468 g/mol. The molecule has 1 saturated heterocycles. The van der Waals surface area contributed by atoms with Gasteiger partial charge in [0.05, 0.1) is 23.0 Å². The van der Waals surface area contributed by atoms with Crippen molar-refractivity contribution in [2.24, 2.45) is 0 Å². The van der Waals surface area contributed by atoms with E-state index in [0.29, 0.717) is 5.56 Å². The van der Waals surface area contributed by atoms with Crippen molar-refractivity contribution in [1.82, 2.24) is 4.31 Å². The van der Waals surface area contributed by atoms with Gasteiger partial charge >= 0.3 is 5.69 Å². The highest BCUT2D eigenvalue weighted by molar-refractivity contribution is 9.10. The molecule has 1 aliphatic heterocycles. The van der Waals surface area contributed by atoms with Crippen LogP contribution in [0.25, 0.3) is 0 Å². The normalized spacial score (nSPS) is 15.1. The molecule has 1 heterocycles. The number of ether oxygens (including phenoxy) is 2. The molecule has 9 nitrogen and oxygen atoms in total. The Morgan fingerprint density at radius 2 is 1.83 bits per heavy atom. The van der Waals surface area contributed by atoms with Gasteiger partial charge in [0.25, 0.3) is 0 Å². The van der Waals surface area contributed by atoms with Crippen LogP contribution in [0.2, 0.25) is 0 Å². The van der Waals surface area contributed by atoms with E-state index in [2.05, 4.69) is 15.9 Å². The van der Waals surface area contributed by atoms with Gasteiger partial charge in [-0.3, -0.25) is 14.9 Å². The van der Waals surface area contributed by atoms with E-state index in [4.69, 9.17) is 9.47 Å². The largest absolute Gasteiger partial charge is 0.478 e. The topological polar surface area (TPSA) is 116 Å². The predicted octanol–water partition coefficient (Wildman–Crippen LogP) is 2.64. The second-order valence-corrected chi connectivity index (χ2v) is 8.98. The van der Waals surface area contributed by atoms with Crippen LogP contribution in [0.3, 0.4) is 0 Å². The van der Waals surface area contributed by atoms with Gasteiger partial charge in [0.2, 0.25) is 10.0 Å². The minimum Gasteiger partial charge on any atom is -0.478 e. The smallest absolute Gasteiger partial charge is 0.312 e. The summed E-state index contributed by atoms with van der Waals surface area (Å²) < 4.78 is 37.9. The molecule has 0 amide bonds. The molecule has 0 N–H and O–H groups in total. The lowest BCUT2D eigenvalue weighted by atomic mass is 10.1. The first-order valence-electron chi connectivity index (χ1n) is 8.57. The number of hydrogen-bond acceptors (Lipinski definition) is 7. The van der Waals surface area contributed by atoms with E-state index >= 15 is 0 Å². The molecule has 0 radical (unpaired) electrons. The molecule has 1 aliphatic rings. The Labute approximate surface area is 175 Å². The van der Waals surface area contributed by atoms with Gasteiger partial charge in [0, 0.05) is 29.2 Å². The molecule has 154 valence electrons. The SMILES string of the molecule is O=C(COc1ccc(S(=O)(=O)N2CCOCC2)cc1[N+](=O)[O-])c1ccc(Br)cc1. The van der Waals surface area contributed by atoms with Gasteiger partial charge in [-0.2, -0.15) is 4.31 Å². The molecule has 11 heteroatoms. The Kier molecular flexibility index (Phi) is 6.63. The number of benzene rings is 2. The monoisotopic (exact) mass is 484 g/mol. The fraction of sp³-hybridized carbons (Fsp3) is 0.278. The molecule has 0 unspecified atom stereocenters. The second kappa shape index (κ2) is 8.99. The lowest BCUT2D eigenvalue weighted by Crippen LogP contribution is -2.40. The number of nitro groups is 1. The Hall–Kier alpha value is -2.34. The van der Waals surface area contributed by atoms with Gasteiger partial charge in [-0.05, 0) is 24.3 Å². The Balaban J connectivity index is 1.80. The van der Waals surface area contributed by atoms with E-state index in [0.717, 1.165) is 10.5 Å². The van der Waals surface area contributed by atoms with Crippen LogP contribution in [0.5, 0.6) is 5.75 Å². The van der Waals surface area contributed by atoms with Crippen LogP contribution in [0.4, 0.5) is 5.69 Å². The third-order valence-corrected chi connectivity index (χ3v) is 6.68. The van der Waals surface area contributed by atoms with E-state index < -0.39 is 27.2 Å². The quantitative estimate of drug-likeness (QED) is 0.336. The summed E-state index contributed by atoms with van der Waals surface area (Å²) in [6.45, 7) is 0.464. The zero-order valence-corrected chi connectivity index (χ0v) is 17.5. The average Bonchev–Trinajstić information content (AvgIpc) is 2.73. The van der Waals surface area contributed by atoms with Crippen molar-refractivity contribution >= 4 is 37.4 Å². The summed E-state index contributed by atoms with van der Waals surface area (Å²) in [6, 6.07) is 9.97. The lowest BCUT2D eigenvalue weighted by Gasteiger charge is -2.26. The van der Waals surface area contributed by atoms with Crippen molar-refractivity contribution in [2.45, 2.75) is 4.90 Å². The molecular formula is C18H17BrN2O7S. The Bertz CT molecular complexity index is 1020. The van der Waals surface area contributed by atoms with Crippen LogP contribution in [0.1, 0.15) is 10.4 Å². The van der Waals surface area contributed by atoms with Crippen molar-refractivity contribution in [1.29, 1.82) is 0 Å². The number of Topliss-reactive ketones (excluding diaryl/α,β-unsaturated/α-hetero) is 1. The van der Waals surface area contributed by atoms with Crippen LogP contribution in [0, 0.1) is 10.1 Å². The molecule has 0 bridgehead atoms. The second-order valence-electron chi connectivity index (χ2n) is 6.12. The highest BCUT2D eigenvalue weighted by Crippen LogP contribution is 2.31. The predicted molar refractivity (Wildman–Crippen MR) is 107 cm³/mol. The van der Waals surface area contributed by atoms with Crippen LogP contribution in [0.15, 0.2) is 51.8 Å². The summed E-state index contributed by atoms with van der Waals surface area (Å²) in [5, 5.41) is 11.4. The maximum Gasteiger partial charge on any atom is 0.312 e. The van der Waals surface area contributed by atoms with Crippen LogP contribution in [-0.2, 0) is 14.8 Å². The summed E-state index contributed by atoms with van der Waals surface area (Å²) in [6.07, 6.45) is 0. The molecule has 2 aromatic carbocycles. The van der Waals surface area contributed by atoms with Gasteiger partial charge < -0.3 is 9.47 Å². The summed E-state index contributed by atoms with van der Waals surface area (Å²) in [5.41, 5.74) is -0.134.